The molecule has 0 bridgehead atoms. The Hall–Kier alpha value is -0.640. The third kappa shape index (κ3) is 3.16. The Morgan fingerprint density at radius 2 is 1.95 bits per heavy atom. The second-order valence-corrected chi connectivity index (χ2v) is 7.73. The van der Waals surface area contributed by atoms with Crippen LogP contribution in [0.25, 0.3) is 0 Å². The van der Waals surface area contributed by atoms with E-state index in [1.54, 1.807) is 0 Å². The highest BCUT2D eigenvalue weighted by atomic mass is 32.2. The zero-order chi connectivity index (χ0) is 15.0. The fourth-order valence-corrected chi connectivity index (χ4v) is 4.94. The van der Waals surface area contributed by atoms with Crippen LogP contribution in [0, 0.1) is 5.92 Å². The lowest BCUT2D eigenvalue weighted by Crippen LogP contribution is -2.41. The lowest BCUT2D eigenvalue weighted by Gasteiger charge is -2.31. The van der Waals surface area contributed by atoms with Crippen molar-refractivity contribution in [2.45, 2.75) is 29.8 Å². The highest BCUT2D eigenvalue weighted by Crippen LogP contribution is 2.36. The first-order chi connectivity index (χ1) is 9.25. The molecule has 4 nitrogen and oxygen atoms in total. The lowest BCUT2D eigenvalue weighted by atomic mass is 9.98. The van der Waals surface area contributed by atoms with Gasteiger partial charge in [0.05, 0.1) is 12.5 Å². The molecule has 0 atom stereocenters. The maximum absolute atomic E-state index is 12.5. The van der Waals surface area contributed by atoms with Crippen LogP contribution >= 0.6 is 11.3 Å². The van der Waals surface area contributed by atoms with E-state index in [0.29, 0.717) is 5.56 Å². The maximum atomic E-state index is 12.5. The quantitative estimate of drug-likeness (QED) is 0.925. The zero-order valence-electron chi connectivity index (χ0n) is 10.4. The Bertz CT molecular complexity index is 560. The van der Waals surface area contributed by atoms with Crippen molar-refractivity contribution in [2.75, 3.05) is 13.1 Å². The number of aliphatic hydroxyl groups excluding tert-OH is 1. The van der Waals surface area contributed by atoms with Crippen LogP contribution in [0.2, 0.25) is 0 Å². The molecule has 0 amide bonds. The molecule has 0 saturated carbocycles. The van der Waals surface area contributed by atoms with E-state index in [9.17, 15) is 21.6 Å². The first-order valence-electron chi connectivity index (χ1n) is 6.00. The highest BCUT2D eigenvalue weighted by Gasteiger charge is 2.43. The molecule has 2 heterocycles. The molecule has 20 heavy (non-hydrogen) atoms. The Labute approximate surface area is 118 Å². The third-order valence-electron chi connectivity index (χ3n) is 3.32. The van der Waals surface area contributed by atoms with Gasteiger partial charge in [-0.3, -0.25) is 0 Å². The number of hydrogen-bond donors (Lipinski definition) is 1. The van der Waals surface area contributed by atoms with E-state index in [-0.39, 0.29) is 36.7 Å². The average molecular weight is 329 g/mol. The molecule has 9 heteroatoms. The minimum atomic E-state index is -4.26. The van der Waals surface area contributed by atoms with Crippen LogP contribution in [0.3, 0.4) is 0 Å². The number of aliphatic hydroxyl groups is 1. The number of alkyl halides is 3. The molecule has 1 N–H and O–H groups in total. The van der Waals surface area contributed by atoms with Gasteiger partial charge in [-0.15, -0.1) is 11.3 Å². The molecule has 0 aromatic carbocycles. The van der Waals surface area contributed by atoms with Crippen molar-refractivity contribution < 1.29 is 26.7 Å². The molecule has 1 fully saturated rings. The van der Waals surface area contributed by atoms with E-state index in [1.165, 1.54) is 11.4 Å². The number of nitrogens with zero attached hydrogens (tertiary/aromatic N) is 1. The van der Waals surface area contributed by atoms with E-state index in [0.717, 1.165) is 15.6 Å². The van der Waals surface area contributed by atoms with Crippen molar-refractivity contribution in [3.63, 3.8) is 0 Å². The van der Waals surface area contributed by atoms with Gasteiger partial charge in [0, 0.05) is 13.1 Å². The average Bonchev–Trinajstić information content (AvgIpc) is 2.87. The van der Waals surface area contributed by atoms with Crippen molar-refractivity contribution in [1.82, 2.24) is 4.31 Å². The van der Waals surface area contributed by atoms with Crippen molar-refractivity contribution >= 4 is 21.4 Å². The summed E-state index contributed by atoms with van der Waals surface area (Å²) < 4.78 is 63.3. The smallest absolute Gasteiger partial charge is 0.391 e. The van der Waals surface area contributed by atoms with E-state index in [1.807, 2.05) is 0 Å². The fourth-order valence-electron chi connectivity index (χ4n) is 2.12. The van der Waals surface area contributed by atoms with Gasteiger partial charge >= 0.3 is 6.18 Å². The van der Waals surface area contributed by atoms with E-state index >= 15 is 0 Å². The molecule has 114 valence electrons. The molecule has 0 aliphatic carbocycles. The minimum Gasteiger partial charge on any atom is -0.392 e. The van der Waals surface area contributed by atoms with Crippen LogP contribution in [-0.4, -0.2) is 37.1 Å². The minimum absolute atomic E-state index is 0.0620. The summed E-state index contributed by atoms with van der Waals surface area (Å²) in [7, 11) is -3.75. The summed E-state index contributed by atoms with van der Waals surface area (Å²) in [6, 6.07) is 1.36. The predicted octanol–water partition coefficient (Wildman–Crippen LogP) is 2.20. The first kappa shape index (κ1) is 15.7. The van der Waals surface area contributed by atoms with Crippen molar-refractivity contribution in [1.29, 1.82) is 0 Å². The number of sulfonamides is 1. The van der Waals surface area contributed by atoms with Crippen LogP contribution < -0.4 is 0 Å². The van der Waals surface area contributed by atoms with E-state index in [2.05, 4.69) is 0 Å². The normalized spacial score (nSPS) is 19.4. The van der Waals surface area contributed by atoms with Crippen molar-refractivity contribution in [3.8, 4) is 0 Å². The number of hydrogen-bond acceptors (Lipinski definition) is 4. The summed E-state index contributed by atoms with van der Waals surface area (Å²) in [5, 5.41) is 10.4. The molecule has 1 aromatic rings. The van der Waals surface area contributed by atoms with Gasteiger partial charge in [-0.25, -0.2) is 8.42 Å². The van der Waals surface area contributed by atoms with Gasteiger partial charge in [-0.05, 0) is 29.9 Å². The van der Waals surface area contributed by atoms with Crippen LogP contribution in [-0.2, 0) is 16.6 Å². The van der Waals surface area contributed by atoms with E-state index in [4.69, 9.17) is 5.11 Å². The van der Waals surface area contributed by atoms with Crippen molar-refractivity contribution in [2.24, 2.45) is 5.92 Å². The second kappa shape index (κ2) is 5.63. The third-order valence-corrected chi connectivity index (χ3v) is 6.69. The monoisotopic (exact) mass is 329 g/mol. The topological polar surface area (TPSA) is 57.6 Å². The molecular weight excluding hydrogens is 315 g/mol. The van der Waals surface area contributed by atoms with E-state index < -0.39 is 22.1 Å². The Morgan fingerprint density at radius 3 is 2.40 bits per heavy atom. The van der Waals surface area contributed by atoms with Gasteiger partial charge in [-0.2, -0.15) is 17.5 Å². The Kier molecular flexibility index (Phi) is 4.43. The second-order valence-electron chi connectivity index (χ2n) is 4.65. The fraction of sp³-hybridized carbons (Fsp3) is 0.636. The zero-order valence-corrected chi connectivity index (χ0v) is 12.1. The number of halogens is 3. The molecule has 0 radical (unpaired) electrons. The molecule has 1 saturated heterocycles. The van der Waals surface area contributed by atoms with Crippen molar-refractivity contribution in [3.05, 3.63) is 17.0 Å². The lowest BCUT2D eigenvalue weighted by molar-refractivity contribution is -0.182. The van der Waals surface area contributed by atoms with Gasteiger partial charge in [0.2, 0.25) is 0 Å². The molecule has 2 rings (SSSR count). The summed E-state index contributed by atoms with van der Waals surface area (Å²) >= 11 is 0.969. The Morgan fingerprint density at radius 1 is 1.35 bits per heavy atom. The molecule has 1 aliphatic heterocycles. The molecule has 1 aromatic heterocycles. The van der Waals surface area contributed by atoms with Crippen LogP contribution in [0.15, 0.2) is 15.7 Å². The number of rotatable bonds is 3. The SMILES string of the molecule is O=S(=O)(c1cc(CO)cs1)N1CCC(C(F)(F)F)CC1. The van der Waals surface area contributed by atoms with Crippen LogP contribution in [0.5, 0.6) is 0 Å². The Balaban J connectivity index is 2.09. The van der Waals surface area contributed by atoms with Crippen LogP contribution in [0.1, 0.15) is 18.4 Å². The summed E-state index contributed by atoms with van der Waals surface area (Å²) in [6.07, 6.45) is -4.68. The predicted molar refractivity (Wildman–Crippen MR) is 67.8 cm³/mol. The molecule has 0 unspecified atom stereocenters. The standard InChI is InChI=1S/C11H14F3NO3S2/c12-11(13,14)9-1-3-15(4-2-9)20(17,18)10-5-8(6-16)7-19-10/h5,7,9,16H,1-4,6H2. The molecule has 1 aliphatic rings. The van der Waals surface area contributed by atoms with Gasteiger partial charge in [0.25, 0.3) is 10.0 Å². The highest BCUT2D eigenvalue weighted by molar-refractivity contribution is 7.91. The van der Waals surface area contributed by atoms with Gasteiger partial charge in [0.15, 0.2) is 0 Å². The van der Waals surface area contributed by atoms with Gasteiger partial charge < -0.3 is 5.11 Å². The van der Waals surface area contributed by atoms with Crippen LogP contribution in [0.4, 0.5) is 13.2 Å². The first-order valence-corrected chi connectivity index (χ1v) is 8.32. The molecular formula is C11H14F3NO3S2. The molecule has 0 spiro atoms. The summed E-state index contributed by atoms with van der Waals surface area (Å²) in [5.74, 6) is -1.43. The van der Waals surface area contributed by atoms with Gasteiger partial charge in [0.1, 0.15) is 4.21 Å². The summed E-state index contributed by atoms with van der Waals surface area (Å²) in [4.78, 5) is 0. The summed E-state index contributed by atoms with van der Waals surface area (Å²) in [6.45, 7) is -0.514. The number of thiophene rings is 1. The maximum Gasteiger partial charge on any atom is 0.391 e. The largest absolute Gasteiger partial charge is 0.392 e. The van der Waals surface area contributed by atoms with Gasteiger partial charge in [-0.1, -0.05) is 0 Å². The number of piperidine rings is 1. The summed E-state index contributed by atoms with van der Waals surface area (Å²) in [5.41, 5.74) is 0.485.